The van der Waals surface area contributed by atoms with Gasteiger partial charge < -0.3 is 19.9 Å². The standard InChI is InChI=1S/C30H41ClN4O5S/c1-20-5-6-25(15-27(20)31)35(30(37)40-26-8-13-41(38,39)14-9-26)12-4-11-33-16-23-18-34(19-24(23)17-33)29(36)28-21(2)7-10-32-22(28)3/h5-7,10,15,22-24,26,32H,4,8-9,11-14,16-19H2,1-3H3. The lowest BCUT2D eigenvalue weighted by Crippen LogP contribution is -2.40. The Balaban J connectivity index is 1.15. The molecule has 3 unspecified atom stereocenters. The number of hydrogen-bond donors (Lipinski definition) is 1. The van der Waals surface area contributed by atoms with Crippen LogP contribution in [0.3, 0.4) is 0 Å². The number of ether oxygens (including phenoxy) is 1. The number of aryl methyl sites for hydroxylation is 1. The normalized spacial score (nSPS) is 26.1. The minimum Gasteiger partial charge on any atom is -0.446 e. The van der Waals surface area contributed by atoms with E-state index in [4.69, 9.17) is 16.3 Å². The Kier molecular flexibility index (Phi) is 9.01. The molecule has 1 aromatic rings. The van der Waals surface area contributed by atoms with Crippen molar-refractivity contribution >= 4 is 39.1 Å². The molecule has 3 fully saturated rings. The van der Waals surface area contributed by atoms with Gasteiger partial charge in [-0.1, -0.05) is 17.7 Å². The van der Waals surface area contributed by atoms with E-state index in [0.29, 0.717) is 41.9 Å². The molecule has 41 heavy (non-hydrogen) atoms. The van der Waals surface area contributed by atoms with Gasteiger partial charge in [0.25, 0.3) is 5.91 Å². The van der Waals surface area contributed by atoms with Crippen LogP contribution >= 0.6 is 11.6 Å². The fourth-order valence-corrected chi connectivity index (χ4v) is 8.14. The summed E-state index contributed by atoms with van der Waals surface area (Å²) in [7, 11) is -3.04. The van der Waals surface area contributed by atoms with Crippen LogP contribution in [-0.4, -0.2) is 93.1 Å². The summed E-state index contributed by atoms with van der Waals surface area (Å²) in [4.78, 5) is 32.7. The molecule has 3 atom stereocenters. The van der Waals surface area contributed by atoms with Crippen molar-refractivity contribution in [3.63, 3.8) is 0 Å². The zero-order valence-corrected chi connectivity index (χ0v) is 25.7. The summed E-state index contributed by atoms with van der Waals surface area (Å²) < 4.78 is 29.4. The van der Waals surface area contributed by atoms with Crippen molar-refractivity contribution in [3.8, 4) is 0 Å². The zero-order valence-electron chi connectivity index (χ0n) is 24.1. The number of nitrogens with zero attached hydrogens (tertiary/aromatic N) is 3. The Labute approximate surface area is 248 Å². The number of allylic oxidation sites excluding steroid dienone is 2. The fraction of sp³-hybridized carbons (Fsp3) is 0.600. The van der Waals surface area contributed by atoms with Gasteiger partial charge in [-0.15, -0.1) is 0 Å². The number of halogens is 1. The third-order valence-corrected chi connectivity index (χ3v) is 11.1. The summed E-state index contributed by atoms with van der Waals surface area (Å²) in [5.41, 5.74) is 3.50. The lowest BCUT2D eigenvalue weighted by atomic mass is 9.99. The molecule has 2 amide bonds. The molecule has 1 aromatic carbocycles. The second-order valence-electron chi connectivity index (χ2n) is 12.0. The predicted octanol–water partition coefficient (Wildman–Crippen LogP) is 3.77. The molecule has 0 radical (unpaired) electrons. The first-order valence-electron chi connectivity index (χ1n) is 14.6. The number of likely N-dealkylation sites (tertiary alicyclic amines) is 2. The van der Waals surface area contributed by atoms with Crippen molar-refractivity contribution in [1.82, 2.24) is 15.1 Å². The van der Waals surface area contributed by atoms with Crippen LogP contribution in [0.4, 0.5) is 10.5 Å². The van der Waals surface area contributed by atoms with Crippen molar-refractivity contribution in [3.05, 3.63) is 52.2 Å². The first-order chi connectivity index (χ1) is 19.5. The minimum atomic E-state index is -3.04. The number of rotatable bonds is 7. The predicted molar refractivity (Wildman–Crippen MR) is 161 cm³/mol. The van der Waals surface area contributed by atoms with Crippen LogP contribution in [0.1, 0.15) is 38.7 Å². The van der Waals surface area contributed by atoms with E-state index in [0.717, 1.165) is 55.9 Å². The summed E-state index contributed by atoms with van der Waals surface area (Å²) in [6.07, 6.45) is 4.42. The summed E-state index contributed by atoms with van der Waals surface area (Å²) in [6, 6.07) is 5.56. The zero-order chi connectivity index (χ0) is 29.3. The van der Waals surface area contributed by atoms with E-state index in [9.17, 15) is 18.0 Å². The lowest BCUT2D eigenvalue weighted by Gasteiger charge is -2.29. The number of carbonyl (C=O) groups is 2. The molecular formula is C30H41ClN4O5S. The molecule has 3 saturated heterocycles. The second kappa shape index (κ2) is 12.4. The number of amides is 2. The molecule has 224 valence electrons. The number of dihydropyridines is 1. The summed E-state index contributed by atoms with van der Waals surface area (Å²) >= 11 is 6.39. The van der Waals surface area contributed by atoms with Crippen molar-refractivity contribution in [2.75, 3.05) is 55.7 Å². The highest BCUT2D eigenvalue weighted by molar-refractivity contribution is 7.91. The number of sulfone groups is 1. The van der Waals surface area contributed by atoms with Crippen LogP contribution in [0.5, 0.6) is 0 Å². The third kappa shape index (κ3) is 6.92. The molecule has 4 heterocycles. The van der Waals surface area contributed by atoms with Gasteiger partial charge >= 0.3 is 6.09 Å². The maximum absolute atomic E-state index is 13.3. The van der Waals surface area contributed by atoms with E-state index >= 15 is 0 Å². The molecule has 0 bridgehead atoms. The molecule has 4 aliphatic heterocycles. The van der Waals surface area contributed by atoms with Crippen LogP contribution in [0.2, 0.25) is 5.02 Å². The Morgan fingerprint density at radius 1 is 1.10 bits per heavy atom. The lowest BCUT2D eigenvalue weighted by molar-refractivity contribution is -0.126. The van der Waals surface area contributed by atoms with E-state index in [2.05, 4.69) is 10.2 Å². The number of benzene rings is 1. The summed E-state index contributed by atoms with van der Waals surface area (Å²) in [5, 5.41) is 3.82. The van der Waals surface area contributed by atoms with E-state index in [-0.39, 0.29) is 23.5 Å². The highest BCUT2D eigenvalue weighted by Crippen LogP contribution is 2.33. The molecule has 0 spiro atoms. The van der Waals surface area contributed by atoms with Gasteiger partial charge in [-0.3, -0.25) is 9.69 Å². The topological polar surface area (TPSA) is 99.3 Å². The van der Waals surface area contributed by atoms with Gasteiger partial charge in [-0.25, -0.2) is 13.2 Å². The highest BCUT2D eigenvalue weighted by atomic mass is 35.5. The van der Waals surface area contributed by atoms with Crippen LogP contribution < -0.4 is 10.2 Å². The molecule has 9 nitrogen and oxygen atoms in total. The van der Waals surface area contributed by atoms with E-state index in [1.54, 1.807) is 11.0 Å². The average Bonchev–Trinajstić information content (AvgIpc) is 3.48. The first kappa shape index (κ1) is 29.9. The Bertz CT molecular complexity index is 1320. The molecule has 5 rings (SSSR count). The molecule has 11 heteroatoms. The van der Waals surface area contributed by atoms with Crippen LogP contribution in [0, 0.1) is 18.8 Å². The van der Waals surface area contributed by atoms with Crippen LogP contribution in [0.25, 0.3) is 0 Å². The molecule has 0 saturated carbocycles. The van der Waals surface area contributed by atoms with E-state index in [1.807, 2.05) is 50.1 Å². The van der Waals surface area contributed by atoms with E-state index in [1.165, 1.54) is 0 Å². The molecule has 1 N–H and O–H groups in total. The molecular weight excluding hydrogens is 564 g/mol. The highest BCUT2D eigenvalue weighted by Gasteiger charge is 2.42. The van der Waals surface area contributed by atoms with Gasteiger partial charge in [0.15, 0.2) is 9.84 Å². The Morgan fingerprint density at radius 3 is 2.41 bits per heavy atom. The second-order valence-corrected chi connectivity index (χ2v) is 14.7. The van der Waals surface area contributed by atoms with Crippen molar-refractivity contribution in [2.45, 2.75) is 52.2 Å². The quantitative estimate of drug-likeness (QED) is 0.506. The molecule has 0 aromatic heterocycles. The number of nitrogens with one attached hydrogen (secondary N) is 1. The fourth-order valence-electron chi connectivity index (χ4n) is 6.52. The van der Waals surface area contributed by atoms with Crippen molar-refractivity contribution < 1.29 is 22.7 Å². The number of carbonyl (C=O) groups excluding carboxylic acids is 2. The SMILES string of the molecule is CC1=C(C(=O)N2CC3CN(CCCN(C(=O)OC4CCS(=O)(=O)CC4)c4ccc(C)c(Cl)c4)CC3C2)C(C)NC=C1. The largest absolute Gasteiger partial charge is 0.446 e. The van der Waals surface area contributed by atoms with Gasteiger partial charge in [0, 0.05) is 49.0 Å². The number of anilines is 1. The van der Waals surface area contributed by atoms with Gasteiger partial charge in [-0.05, 0) is 94.0 Å². The monoisotopic (exact) mass is 604 g/mol. The maximum Gasteiger partial charge on any atom is 0.414 e. The maximum atomic E-state index is 13.3. The smallest absolute Gasteiger partial charge is 0.414 e. The first-order valence-corrected chi connectivity index (χ1v) is 16.8. The molecule has 4 aliphatic rings. The van der Waals surface area contributed by atoms with Crippen LogP contribution in [-0.2, 0) is 19.4 Å². The Morgan fingerprint density at radius 2 is 1.78 bits per heavy atom. The average molecular weight is 605 g/mol. The summed E-state index contributed by atoms with van der Waals surface area (Å²) in [5.74, 6) is 1.16. The number of fused-ring (bicyclic) bond motifs is 1. The van der Waals surface area contributed by atoms with Crippen molar-refractivity contribution in [1.29, 1.82) is 0 Å². The summed E-state index contributed by atoms with van der Waals surface area (Å²) in [6.45, 7) is 10.7. The van der Waals surface area contributed by atoms with E-state index < -0.39 is 22.0 Å². The minimum absolute atomic E-state index is 0.0219. The van der Waals surface area contributed by atoms with Crippen molar-refractivity contribution in [2.24, 2.45) is 11.8 Å². The van der Waals surface area contributed by atoms with Gasteiger partial charge in [-0.2, -0.15) is 0 Å². The number of hydrogen-bond acceptors (Lipinski definition) is 7. The molecule has 0 aliphatic carbocycles. The van der Waals surface area contributed by atoms with Gasteiger partial charge in [0.2, 0.25) is 0 Å². The Hall–Kier alpha value is -2.56. The third-order valence-electron chi connectivity index (χ3n) is 8.93. The van der Waals surface area contributed by atoms with Crippen LogP contribution in [0.15, 0.2) is 41.6 Å². The van der Waals surface area contributed by atoms with Gasteiger partial charge in [0.05, 0.1) is 17.5 Å². The van der Waals surface area contributed by atoms with Gasteiger partial charge in [0.1, 0.15) is 6.10 Å².